The van der Waals surface area contributed by atoms with E-state index < -0.39 is 6.10 Å². The molecule has 42 heavy (non-hydrogen) atoms. The lowest BCUT2D eigenvalue weighted by Crippen LogP contribution is -2.37. The number of rotatable bonds is 11. The van der Waals surface area contributed by atoms with Gasteiger partial charge < -0.3 is 19.6 Å². The summed E-state index contributed by atoms with van der Waals surface area (Å²) in [7, 11) is 1.75. The summed E-state index contributed by atoms with van der Waals surface area (Å²) in [4.78, 5) is 17.5. The highest BCUT2D eigenvalue weighted by Crippen LogP contribution is 2.32. The van der Waals surface area contributed by atoms with Crippen LogP contribution in [-0.4, -0.2) is 60.1 Å². The van der Waals surface area contributed by atoms with Gasteiger partial charge in [0.15, 0.2) is 6.10 Å². The molecule has 3 aromatic carbocycles. The van der Waals surface area contributed by atoms with Crippen LogP contribution in [0.2, 0.25) is 10.0 Å². The van der Waals surface area contributed by atoms with Crippen molar-refractivity contribution in [2.24, 2.45) is 0 Å². The molecular weight excluding hydrogens is 614 g/mol. The van der Waals surface area contributed by atoms with Gasteiger partial charge in [0.1, 0.15) is 5.75 Å². The van der Waals surface area contributed by atoms with E-state index in [-0.39, 0.29) is 42.7 Å². The molecule has 2 unspecified atom stereocenters. The Hall–Kier alpha value is -1.99. The molecule has 9 heteroatoms. The van der Waals surface area contributed by atoms with E-state index in [0.29, 0.717) is 33.8 Å². The first-order valence-corrected chi connectivity index (χ1v) is 14.9. The first-order valence-electron chi connectivity index (χ1n) is 14.1. The second-order valence-corrected chi connectivity index (χ2v) is 11.9. The van der Waals surface area contributed by atoms with E-state index in [0.717, 1.165) is 44.5 Å². The van der Waals surface area contributed by atoms with E-state index in [1.165, 1.54) is 5.56 Å². The summed E-state index contributed by atoms with van der Waals surface area (Å²) in [6.07, 6.45) is 1.88. The van der Waals surface area contributed by atoms with Gasteiger partial charge in [0.25, 0.3) is 5.91 Å². The van der Waals surface area contributed by atoms with Crippen molar-refractivity contribution in [2.45, 2.75) is 57.2 Å². The summed E-state index contributed by atoms with van der Waals surface area (Å²) in [5.74, 6) is 0.929. The van der Waals surface area contributed by atoms with Crippen LogP contribution in [-0.2, 0) is 4.79 Å². The Morgan fingerprint density at radius 3 is 2.29 bits per heavy atom. The zero-order valence-corrected chi connectivity index (χ0v) is 27.6. The number of aliphatic hydroxyl groups excluding tert-OH is 1. The maximum Gasteiger partial charge on any atom is 0.255 e. The molecule has 1 fully saturated rings. The van der Waals surface area contributed by atoms with Crippen molar-refractivity contribution in [1.82, 2.24) is 9.80 Å². The molecule has 5 nitrogen and oxygen atoms in total. The average Bonchev–Trinajstić information content (AvgIpc) is 2.96. The predicted octanol–water partition coefficient (Wildman–Crippen LogP) is 8.17. The standard InChI is InChI=1S/C33H40Cl2N2O3.2ClH/c1-23(2)40-29-11-7-10-27(20-29)32(38)33(39)36(3)22-28(26-12-13-30(34)31(35)21-26)16-19-37-17-14-25(15-18-37)24-8-5-4-6-9-24;;/h4-13,20-21,23,25,28,32,38H,14-19,22H2,1-3H3;2*1H. The van der Waals surface area contributed by atoms with E-state index in [9.17, 15) is 9.90 Å². The molecule has 0 bridgehead atoms. The first kappa shape index (κ1) is 36.2. The van der Waals surface area contributed by atoms with Crippen LogP contribution in [0.5, 0.6) is 5.75 Å². The number of ether oxygens (including phenoxy) is 1. The molecule has 3 aromatic rings. The summed E-state index contributed by atoms with van der Waals surface area (Å²) < 4.78 is 5.75. The molecule has 1 aliphatic heterocycles. The van der Waals surface area contributed by atoms with E-state index in [1.807, 2.05) is 38.1 Å². The molecule has 2 atom stereocenters. The Morgan fingerprint density at radius 1 is 0.952 bits per heavy atom. The third kappa shape index (κ3) is 10.0. The van der Waals surface area contributed by atoms with Crippen LogP contribution in [0, 0.1) is 0 Å². The number of hydrogen-bond acceptors (Lipinski definition) is 4. The molecule has 4 rings (SSSR count). The number of carbonyl (C=O) groups is 1. The molecule has 0 aliphatic carbocycles. The number of amides is 1. The summed E-state index contributed by atoms with van der Waals surface area (Å²) in [6, 6.07) is 23.6. The number of carbonyl (C=O) groups excluding carboxylic acids is 1. The van der Waals surface area contributed by atoms with Crippen molar-refractivity contribution in [3.8, 4) is 5.75 Å². The van der Waals surface area contributed by atoms with Crippen LogP contribution >= 0.6 is 48.0 Å². The number of halogens is 4. The molecule has 0 radical (unpaired) electrons. The smallest absolute Gasteiger partial charge is 0.255 e. The largest absolute Gasteiger partial charge is 0.491 e. The van der Waals surface area contributed by atoms with E-state index in [4.69, 9.17) is 27.9 Å². The predicted molar refractivity (Wildman–Crippen MR) is 178 cm³/mol. The normalized spacial score (nSPS) is 15.3. The van der Waals surface area contributed by atoms with Gasteiger partial charge in [0.05, 0.1) is 16.1 Å². The van der Waals surface area contributed by atoms with Crippen LogP contribution in [0.15, 0.2) is 72.8 Å². The number of likely N-dealkylation sites (N-methyl/N-ethyl adjacent to an activating group) is 1. The molecule has 230 valence electrons. The Bertz CT molecular complexity index is 1250. The summed E-state index contributed by atoms with van der Waals surface area (Å²) in [6.45, 7) is 7.36. The second-order valence-electron chi connectivity index (χ2n) is 11.0. The van der Waals surface area contributed by atoms with Gasteiger partial charge in [-0.05, 0) is 99.6 Å². The van der Waals surface area contributed by atoms with Gasteiger partial charge in [-0.3, -0.25) is 4.79 Å². The maximum atomic E-state index is 13.3. The van der Waals surface area contributed by atoms with Gasteiger partial charge in [-0.1, -0.05) is 71.7 Å². The minimum Gasteiger partial charge on any atom is -0.491 e. The summed E-state index contributed by atoms with van der Waals surface area (Å²) >= 11 is 12.6. The van der Waals surface area contributed by atoms with Gasteiger partial charge in [-0.15, -0.1) is 24.8 Å². The number of nitrogens with zero attached hydrogens (tertiary/aromatic N) is 2. The van der Waals surface area contributed by atoms with E-state index in [2.05, 4.69) is 35.2 Å². The quantitative estimate of drug-likeness (QED) is 0.226. The maximum absolute atomic E-state index is 13.3. The van der Waals surface area contributed by atoms with Crippen LogP contribution in [0.25, 0.3) is 0 Å². The fraction of sp³-hybridized carbons (Fsp3) is 0.424. The molecular formula is C33H42Cl4N2O3. The SMILES string of the molecule is CC(C)Oc1cccc(C(O)C(=O)N(C)CC(CCN2CCC(c3ccccc3)CC2)c2ccc(Cl)c(Cl)c2)c1.Cl.Cl. The zero-order chi connectivity index (χ0) is 28.6. The highest BCUT2D eigenvalue weighted by molar-refractivity contribution is 6.42. The van der Waals surface area contributed by atoms with Crippen molar-refractivity contribution < 1.29 is 14.6 Å². The van der Waals surface area contributed by atoms with Crippen LogP contribution < -0.4 is 4.74 Å². The highest BCUT2D eigenvalue weighted by atomic mass is 35.5. The van der Waals surface area contributed by atoms with Crippen molar-refractivity contribution in [3.05, 3.63) is 99.5 Å². The monoisotopic (exact) mass is 654 g/mol. The first-order chi connectivity index (χ1) is 19.2. The number of piperidine rings is 1. The van der Waals surface area contributed by atoms with Crippen LogP contribution in [0.4, 0.5) is 0 Å². The third-order valence-electron chi connectivity index (χ3n) is 7.72. The Morgan fingerprint density at radius 2 is 1.64 bits per heavy atom. The summed E-state index contributed by atoms with van der Waals surface area (Å²) in [5.41, 5.74) is 2.98. The Balaban J connectivity index is 0.00000308. The Kier molecular flexibility index (Phi) is 14.9. The molecule has 1 aliphatic rings. The zero-order valence-electron chi connectivity index (χ0n) is 24.4. The molecule has 1 amide bonds. The molecule has 1 N–H and O–H groups in total. The van der Waals surface area contributed by atoms with Gasteiger partial charge in [-0.25, -0.2) is 0 Å². The topological polar surface area (TPSA) is 53.0 Å². The summed E-state index contributed by atoms with van der Waals surface area (Å²) in [5, 5.41) is 12.0. The van der Waals surface area contributed by atoms with Gasteiger partial charge >= 0.3 is 0 Å². The number of benzene rings is 3. The van der Waals surface area contributed by atoms with E-state index in [1.54, 1.807) is 30.1 Å². The molecule has 1 heterocycles. The van der Waals surface area contributed by atoms with Crippen molar-refractivity contribution in [3.63, 3.8) is 0 Å². The lowest BCUT2D eigenvalue weighted by Gasteiger charge is -2.34. The van der Waals surface area contributed by atoms with Gasteiger partial charge in [0.2, 0.25) is 0 Å². The van der Waals surface area contributed by atoms with Crippen molar-refractivity contribution >= 4 is 53.9 Å². The van der Waals surface area contributed by atoms with Crippen LogP contribution in [0.1, 0.15) is 67.7 Å². The lowest BCUT2D eigenvalue weighted by molar-refractivity contribution is -0.139. The molecule has 0 spiro atoms. The van der Waals surface area contributed by atoms with Crippen molar-refractivity contribution in [1.29, 1.82) is 0 Å². The van der Waals surface area contributed by atoms with Gasteiger partial charge in [-0.2, -0.15) is 0 Å². The molecule has 0 aromatic heterocycles. The Labute approximate surface area is 273 Å². The number of hydrogen-bond donors (Lipinski definition) is 1. The van der Waals surface area contributed by atoms with Gasteiger partial charge in [0, 0.05) is 19.5 Å². The lowest BCUT2D eigenvalue weighted by atomic mass is 9.89. The average molecular weight is 657 g/mol. The number of aliphatic hydroxyl groups is 1. The second kappa shape index (κ2) is 17.3. The fourth-order valence-electron chi connectivity index (χ4n) is 5.49. The van der Waals surface area contributed by atoms with Crippen LogP contribution in [0.3, 0.4) is 0 Å². The fourth-order valence-corrected chi connectivity index (χ4v) is 5.79. The molecule has 0 saturated carbocycles. The van der Waals surface area contributed by atoms with Crippen molar-refractivity contribution in [2.75, 3.05) is 33.2 Å². The number of likely N-dealkylation sites (tertiary alicyclic amines) is 1. The molecule has 1 saturated heterocycles. The highest BCUT2D eigenvalue weighted by Gasteiger charge is 2.26. The third-order valence-corrected chi connectivity index (χ3v) is 8.46. The minimum atomic E-state index is -1.27. The minimum absolute atomic E-state index is 0. The van der Waals surface area contributed by atoms with E-state index >= 15 is 0 Å².